The molecule has 0 heterocycles. The molecule has 0 aromatic heterocycles. The number of phenols is 2. The molecule has 0 amide bonds. The van der Waals surface area contributed by atoms with Gasteiger partial charge in [-0.3, -0.25) is 0 Å². The zero-order valence-electron chi connectivity index (χ0n) is 14.6. The van der Waals surface area contributed by atoms with Crippen LogP contribution < -0.4 is 0 Å². The van der Waals surface area contributed by atoms with E-state index >= 15 is 0 Å². The van der Waals surface area contributed by atoms with Gasteiger partial charge in [0.25, 0.3) is 0 Å². The van der Waals surface area contributed by atoms with Crippen LogP contribution in [0.1, 0.15) is 0 Å². The van der Waals surface area contributed by atoms with Crippen molar-refractivity contribution in [1.82, 2.24) is 0 Å². The maximum Gasteiger partial charge on any atom is 0.123 e. The molecule has 0 saturated heterocycles. The van der Waals surface area contributed by atoms with Crippen LogP contribution in [0, 0.1) is 0 Å². The average molecular weight is 537 g/mol. The fourth-order valence-corrected chi connectivity index (χ4v) is 2.67. The van der Waals surface area contributed by atoms with Crippen LogP contribution in [-0.2, 0) is 22.4 Å². The van der Waals surface area contributed by atoms with Gasteiger partial charge in [0, 0.05) is 33.5 Å². The Hall–Kier alpha value is -2.78. The predicted molar refractivity (Wildman–Crippen MR) is 107 cm³/mol. The molecule has 0 saturated carbocycles. The second kappa shape index (κ2) is 10.4. The molecule has 27 heavy (non-hydrogen) atoms. The van der Waals surface area contributed by atoms with E-state index in [0.717, 1.165) is 22.3 Å². The fourth-order valence-electron chi connectivity index (χ4n) is 2.67. The Morgan fingerprint density at radius 2 is 0.667 bits per heavy atom. The zero-order chi connectivity index (χ0) is 18.2. The van der Waals surface area contributed by atoms with E-state index in [1.807, 2.05) is 97.1 Å². The minimum atomic E-state index is 0. The van der Waals surface area contributed by atoms with E-state index in [4.69, 9.17) is 0 Å². The summed E-state index contributed by atoms with van der Waals surface area (Å²) in [5, 5.41) is 19.1. The molecule has 1 radical (unpaired) electrons. The smallest absolute Gasteiger partial charge is 0.123 e. The summed E-state index contributed by atoms with van der Waals surface area (Å²) < 4.78 is 0. The molecule has 0 aliphatic heterocycles. The van der Waals surface area contributed by atoms with Crippen molar-refractivity contribution in [3.05, 3.63) is 109 Å². The van der Waals surface area contributed by atoms with Gasteiger partial charge in [-0.2, -0.15) is 0 Å². The molecule has 0 aliphatic rings. The van der Waals surface area contributed by atoms with E-state index in [0.29, 0.717) is 11.5 Å². The van der Waals surface area contributed by atoms with Crippen molar-refractivity contribution < 1.29 is 32.6 Å². The monoisotopic (exact) mass is 537 g/mol. The van der Waals surface area contributed by atoms with Gasteiger partial charge < -0.3 is 10.2 Å². The molecule has 4 rings (SSSR count). The maximum atomic E-state index is 9.56. The first-order valence-electron chi connectivity index (χ1n) is 8.42. The SMILES string of the molecule is Oc1ccccc1-c1ccccc1.Oc1ccccc1-c1ccccc1.[Au]. The first-order valence-corrected chi connectivity index (χ1v) is 8.42. The second-order valence-electron chi connectivity index (χ2n) is 5.77. The van der Waals surface area contributed by atoms with Crippen molar-refractivity contribution in [3.63, 3.8) is 0 Å². The van der Waals surface area contributed by atoms with Gasteiger partial charge in [-0.1, -0.05) is 97.1 Å². The van der Waals surface area contributed by atoms with Crippen molar-refractivity contribution in [1.29, 1.82) is 0 Å². The second-order valence-corrected chi connectivity index (χ2v) is 5.77. The normalized spacial score (nSPS) is 9.48. The molecule has 0 spiro atoms. The third kappa shape index (κ3) is 5.60. The Kier molecular flexibility index (Phi) is 7.90. The number of aromatic hydroxyl groups is 2. The van der Waals surface area contributed by atoms with Crippen LogP contribution in [0.15, 0.2) is 109 Å². The summed E-state index contributed by atoms with van der Waals surface area (Å²) in [5.74, 6) is 0.655. The van der Waals surface area contributed by atoms with Gasteiger partial charge in [-0.05, 0) is 23.3 Å². The summed E-state index contributed by atoms with van der Waals surface area (Å²) in [7, 11) is 0. The molecule has 3 heteroatoms. The van der Waals surface area contributed by atoms with Crippen molar-refractivity contribution >= 4 is 0 Å². The van der Waals surface area contributed by atoms with Crippen LogP contribution in [0.5, 0.6) is 11.5 Å². The van der Waals surface area contributed by atoms with E-state index in [-0.39, 0.29) is 22.4 Å². The Balaban J connectivity index is 0.000000187. The minimum Gasteiger partial charge on any atom is -0.507 e. The molecular formula is C24H20AuO2. The Morgan fingerprint density at radius 3 is 1.00 bits per heavy atom. The number of phenolic OH excluding ortho intramolecular Hbond substituents is 2. The Morgan fingerprint density at radius 1 is 0.370 bits per heavy atom. The quantitative estimate of drug-likeness (QED) is 0.303. The van der Waals surface area contributed by atoms with Gasteiger partial charge in [-0.15, -0.1) is 0 Å². The number of benzene rings is 4. The minimum absolute atomic E-state index is 0. The summed E-state index contributed by atoms with van der Waals surface area (Å²) >= 11 is 0. The molecule has 0 aliphatic carbocycles. The molecular weight excluding hydrogens is 517 g/mol. The van der Waals surface area contributed by atoms with E-state index in [9.17, 15) is 10.2 Å². The Labute approximate surface area is 175 Å². The van der Waals surface area contributed by atoms with Crippen molar-refractivity contribution in [2.24, 2.45) is 0 Å². The van der Waals surface area contributed by atoms with Crippen molar-refractivity contribution in [3.8, 4) is 33.8 Å². The number of para-hydroxylation sites is 2. The fraction of sp³-hybridized carbons (Fsp3) is 0. The standard InChI is InChI=1S/2C12H10O.Au/c2*13-12-9-5-4-8-11(12)10-6-2-1-3-7-10;/h2*1-9,13H;. The van der Waals surface area contributed by atoms with E-state index < -0.39 is 0 Å². The van der Waals surface area contributed by atoms with Gasteiger partial charge in [0.1, 0.15) is 11.5 Å². The molecule has 0 fully saturated rings. The topological polar surface area (TPSA) is 40.5 Å². The molecule has 0 atom stereocenters. The molecule has 4 aromatic carbocycles. The first kappa shape index (κ1) is 20.5. The molecule has 4 aromatic rings. The number of hydrogen-bond donors (Lipinski definition) is 2. The maximum absolute atomic E-state index is 9.56. The summed E-state index contributed by atoms with van der Waals surface area (Å²) in [5.41, 5.74) is 3.84. The predicted octanol–water partition coefficient (Wildman–Crippen LogP) is 6.12. The number of rotatable bonds is 2. The van der Waals surface area contributed by atoms with Crippen molar-refractivity contribution in [2.45, 2.75) is 0 Å². The van der Waals surface area contributed by atoms with Crippen molar-refractivity contribution in [2.75, 3.05) is 0 Å². The van der Waals surface area contributed by atoms with E-state index in [2.05, 4.69) is 0 Å². The van der Waals surface area contributed by atoms with Crippen LogP contribution in [0.2, 0.25) is 0 Å². The van der Waals surface area contributed by atoms with Crippen LogP contribution in [0.4, 0.5) is 0 Å². The van der Waals surface area contributed by atoms with Crippen LogP contribution in [-0.4, -0.2) is 10.2 Å². The molecule has 0 bridgehead atoms. The van der Waals surface area contributed by atoms with E-state index in [1.165, 1.54) is 0 Å². The van der Waals surface area contributed by atoms with Gasteiger partial charge in [0.15, 0.2) is 0 Å². The summed E-state index contributed by atoms with van der Waals surface area (Å²) in [4.78, 5) is 0. The van der Waals surface area contributed by atoms with Crippen LogP contribution >= 0.6 is 0 Å². The van der Waals surface area contributed by atoms with Gasteiger partial charge in [-0.25, -0.2) is 0 Å². The van der Waals surface area contributed by atoms with E-state index in [1.54, 1.807) is 12.1 Å². The summed E-state index contributed by atoms with van der Waals surface area (Å²) in [6.45, 7) is 0. The zero-order valence-corrected chi connectivity index (χ0v) is 16.8. The average Bonchev–Trinajstić information content (AvgIpc) is 2.71. The third-order valence-electron chi connectivity index (χ3n) is 3.98. The third-order valence-corrected chi connectivity index (χ3v) is 3.98. The van der Waals surface area contributed by atoms with Crippen LogP contribution in [0.3, 0.4) is 0 Å². The van der Waals surface area contributed by atoms with Gasteiger partial charge in [0.2, 0.25) is 0 Å². The molecule has 2 nitrogen and oxygen atoms in total. The number of hydrogen-bond acceptors (Lipinski definition) is 2. The summed E-state index contributed by atoms with van der Waals surface area (Å²) in [6.07, 6.45) is 0. The Bertz CT molecular complexity index is 873. The molecule has 0 unspecified atom stereocenters. The van der Waals surface area contributed by atoms with Gasteiger partial charge in [0.05, 0.1) is 0 Å². The largest absolute Gasteiger partial charge is 0.507 e. The molecule has 2 N–H and O–H groups in total. The van der Waals surface area contributed by atoms with Crippen LogP contribution in [0.25, 0.3) is 22.3 Å². The molecule has 139 valence electrons. The van der Waals surface area contributed by atoms with Gasteiger partial charge >= 0.3 is 0 Å². The first-order chi connectivity index (χ1) is 12.8. The summed E-state index contributed by atoms with van der Waals surface area (Å²) in [6, 6.07) is 34.4.